The van der Waals surface area contributed by atoms with Gasteiger partial charge in [0.15, 0.2) is 5.16 Å². The first-order valence-corrected chi connectivity index (χ1v) is 11.7. The minimum atomic E-state index is -0.185. The number of halogens is 1. The number of rotatable bonds is 7. The van der Waals surface area contributed by atoms with Crippen LogP contribution in [0.5, 0.6) is 0 Å². The van der Waals surface area contributed by atoms with E-state index in [9.17, 15) is 9.59 Å². The number of carbonyl (C=O) groups is 1. The van der Waals surface area contributed by atoms with Crippen molar-refractivity contribution in [2.45, 2.75) is 31.5 Å². The summed E-state index contributed by atoms with van der Waals surface area (Å²) in [5.41, 5.74) is 1.21. The molecule has 9 heteroatoms. The van der Waals surface area contributed by atoms with Crippen molar-refractivity contribution in [1.29, 1.82) is 0 Å². The van der Waals surface area contributed by atoms with Gasteiger partial charge in [-0.25, -0.2) is 9.97 Å². The van der Waals surface area contributed by atoms with Crippen LogP contribution in [-0.2, 0) is 11.3 Å². The topological polar surface area (TPSA) is 76.9 Å². The fourth-order valence-corrected chi connectivity index (χ4v) is 5.10. The predicted molar refractivity (Wildman–Crippen MR) is 125 cm³/mol. The van der Waals surface area contributed by atoms with E-state index in [2.05, 4.69) is 17.2 Å². The number of hydrogen-bond donors (Lipinski definition) is 1. The zero-order chi connectivity index (χ0) is 21.1. The number of carbonyl (C=O) groups excluding carboxylic acids is 1. The molecule has 6 nitrogen and oxygen atoms in total. The molecule has 0 saturated carbocycles. The normalized spacial score (nSPS) is 11.3. The number of thioether (sulfide) groups is 1. The number of benzene rings is 1. The molecule has 0 unspecified atom stereocenters. The molecule has 3 aromatic heterocycles. The minimum Gasteiger partial charge on any atom is -0.325 e. The van der Waals surface area contributed by atoms with Crippen molar-refractivity contribution in [3.8, 4) is 0 Å². The van der Waals surface area contributed by atoms with Gasteiger partial charge in [0.05, 0.1) is 11.3 Å². The minimum absolute atomic E-state index is 0.0748. The second-order valence-corrected chi connectivity index (χ2v) is 9.07. The Kier molecular flexibility index (Phi) is 6.36. The van der Waals surface area contributed by atoms with Crippen molar-refractivity contribution in [3.63, 3.8) is 0 Å². The summed E-state index contributed by atoms with van der Waals surface area (Å²) in [7, 11) is 0. The quantitative estimate of drug-likeness (QED) is 0.304. The molecule has 0 radical (unpaired) electrons. The van der Waals surface area contributed by atoms with Crippen LogP contribution < -0.4 is 10.9 Å². The molecule has 154 valence electrons. The van der Waals surface area contributed by atoms with Crippen LogP contribution in [0.2, 0.25) is 5.02 Å². The molecular formula is C21H19ClN4O2S2. The Morgan fingerprint density at radius 3 is 2.97 bits per heavy atom. The summed E-state index contributed by atoms with van der Waals surface area (Å²) in [6.07, 6.45) is 3.53. The molecule has 0 fully saturated rings. The number of amides is 1. The molecule has 0 saturated heterocycles. The Morgan fingerprint density at radius 1 is 1.30 bits per heavy atom. The van der Waals surface area contributed by atoms with Crippen LogP contribution in [0.15, 0.2) is 52.5 Å². The Hall–Kier alpha value is -2.42. The van der Waals surface area contributed by atoms with Gasteiger partial charge >= 0.3 is 0 Å². The van der Waals surface area contributed by atoms with Crippen LogP contribution in [0.4, 0.5) is 5.69 Å². The number of anilines is 1. The van der Waals surface area contributed by atoms with Crippen LogP contribution >= 0.6 is 34.7 Å². The molecule has 30 heavy (non-hydrogen) atoms. The summed E-state index contributed by atoms with van der Waals surface area (Å²) in [5, 5.41) is 4.79. The first kappa shape index (κ1) is 20.8. The lowest BCUT2D eigenvalue weighted by Gasteiger charge is -2.11. The fraction of sp³-hybridized carbons (Fsp3) is 0.238. The van der Waals surface area contributed by atoms with E-state index < -0.39 is 0 Å². The molecule has 1 amide bonds. The van der Waals surface area contributed by atoms with E-state index in [1.165, 1.54) is 23.1 Å². The van der Waals surface area contributed by atoms with Gasteiger partial charge in [-0.1, -0.05) is 42.8 Å². The molecule has 0 atom stereocenters. The number of nitrogens with zero attached hydrogens (tertiary/aromatic N) is 3. The first-order chi connectivity index (χ1) is 14.6. The lowest BCUT2D eigenvalue weighted by Crippen LogP contribution is -2.23. The average molecular weight is 459 g/mol. The fourth-order valence-electron chi connectivity index (χ4n) is 3.06. The van der Waals surface area contributed by atoms with E-state index in [4.69, 9.17) is 16.6 Å². The third kappa shape index (κ3) is 4.35. The lowest BCUT2D eigenvalue weighted by molar-refractivity contribution is -0.113. The average Bonchev–Trinajstić information content (AvgIpc) is 3.11. The van der Waals surface area contributed by atoms with Crippen molar-refractivity contribution in [2.75, 3.05) is 11.1 Å². The van der Waals surface area contributed by atoms with Crippen LogP contribution in [0, 0.1) is 0 Å². The SMILES string of the molecule is CCCCn1c(SCC(=O)Nc2cccc(Cl)c2)nc2c(sc3ncccc32)c1=O. The zero-order valence-corrected chi connectivity index (χ0v) is 18.6. The molecule has 4 aromatic rings. The van der Waals surface area contributed by atoms with E-state index in [0.717, 1.165) is 23.1 Å². The molecule has 1 aromatic carbocycles. The Morgan fingerprint density at radius 2 is 2.17 bits per heavy atom. The van der Waals surface area contributed by atoms with Crippen molar-refractivity contribution in [1.82, 2.24) is 14.5 Å². The van der Waals surface area contributed by atoms with Gasteiger partial charge in [-0.3, -0.25) is 14.2 Å². The number of unbranched alkanes of at least 4 members (excludes halogenated alkanes) is 1. The van der Waals surface area contributed by atoms with Gasteiger partial charge in [-0.15, -0.1) is 11.3 Å². The third-order valence-corrected chi connectivity index (χ3v) is 6.80. The van der Waals surface area contributed by atoms with Crippen LogP contribution in [0.3, 0.4) is 0 Å². The number of thiophene rings is 1. The summed E-state index contributed by atoms with van der Waals surface area (Å²) >= 11 is 8.60. The van der Waals surface area contributed by atoms with Gasteiger partial charge in [0.1, 0.15) is 9.53 Å². The van der Waals surface area contributed by atoms with Gasteiger partial charge in [0.25, 0.3) is 5.56 Å². The van der Waals surface area contributed by atoms with Gasteiger partial charge in [0.2, 0.25) is 5.91 Å². The van der Waals surface area contributed by atoms with Crippen molar-refractivity contribution >= 4 is 66.7 Å². The van der Waals surface area contributed by atoms with E-state index >= 15 is 0 Å². The summed E-state index contributed by atoms with van der Waals surface area (Å²) in [4.78, 5) is 35.5. The summed E-state index contributed by atoms with van der Waals surface area (Å²) < 4.78 is 2.28. The maximum atomic E-state index is 13.2. The Balaban J connectivity index is 1.65. The second-order valence-electron chi connectivity index (χ2n) is 6.69. The highest BCUT2D eigenvalue weighted by molar-refractivity contribution is 7.99. The van der Waals surface area contributed by atoms with Crippen LogP contribution in [-0.4, -0.2) is 26.2 Å². The maximum Gasteiger partial charge on any atom is 0.272 e. The van der Waals surface area contributed by atoms with E-state index in [1.807, 2.05) is 12.1 Å². The number of hydrogen-bond acceptors (Lipinski definition) is 6. The summed E-state index contributed by atoms with van der Waals surface area (Å²) in [6, 6.07) is 10.8. The number of pyridine rings is 1. The maximum absolute atomic E-state index is 13.2. The van der Waals surface area contributed by atoms with Gasteiger partial charge < -0.3 is 5.32 Å². The monoisotopic (exact) mass is 458 g/mol. The Bertz CT molecular complexity index is 1290. The highest BCUT2D eigenvalue weighted by atomic mass is 35.5. The first-order valence-electron chi connectivity index (χ1n) is 9.53. The molecule has 4 rings (SSSR count). The summed E-state index contributed by atoms with van der Waals surface area (Å²) in [5.74, 6) is -0.0489. The van der Waals surface area contributed by atoms with Crippen LogP contribution in [0.25, 0.3) is 20.4 Å². The standard InChI is InChI=1S/C21H19ClN4O2S2/c1-2-3-10-26-20(28)18-17(15-8-5-9-23-19(15)30-18)25-21(26)29-12-16(27)24-14-7-4-6-13(22)11-14/h4-9,11H,2-3,10,12H2,1H3,(H,24,27). The zero-order valence-electron chi connectivity index (χ0n) is 16.2. The van der Waals surface area contributed by atoms with Crippen molar-refractivity contribution < 1.29 is 4.79 Å². The molecule has 0 aliphatic heterocycles. The van der Waals surface area contributed by atoms with E-state index in [-0.39, 0.29) is 17.2 Å². The molecule has 0 aliphatic carbocycles. The van der Waals surface area contributed by atoms with E-state index in [0.29, 0.717) is 32.6 Å². The highest BCUT2D eigenvalue weighted by Crippen LogP contribution is 2.30. The van der Waals surface area contributed by atoms with Crippen LogP contribution in [0.1, 0.15) is 19.8 Å². The number of aromatic nitrogens is 3. The summed E-state index contributed by atoms with van der Waals surface area (Å²) in [6.45, 7) is 2.64. The molecule has 0 bridgehead atoms. The molecular weight excluding hydrogens is 440 g/mol. The smallest absolute Gasteiger partial charge is 0.272 e. The predicted octanol–water partition coefficient (Wildman–Crippen LogP) is 5.19. The number of nitrogens with one attached hydrogen (secondary N) is 1. The largest absolute Gasteiger partial charge is 0.325 e. The molecule has 0 spiro atoms. The molecule has 1 N–H and O–H groups in total. The van der Waals surface area contributed by atoms with Crippen molar-refractivity contribution in [3.05, 3.63) is 58.0 Å². The number of fused-ring (bicyclic) bond motifs is 3. The molecule has 0 aliphatic rings. The van der Waals surface area contributed by atoms with E-state index in [1.54, 1.807) is 35.0 Å². The van der Waals surface area contributed by atoms with Gasteiger partial charge in [-0.2, -0.15) is 0 Å². The molecule has 3 heterocycles. The second kappa shape index (κ2) is 9.16. The van der Waals surface area contributed by atoms with Gasteiger partial charge in [-0.05, 0) is 36.8 Å². The van der Waals surface area contributed by atoms with Gasteiger partial charge in [0, 0.05) is 28.8 Å². The Labute approximate surface area is 186 Å². The highest BCUT2D eigenvalue weighted by Gasteiger charge is 2.17. The van der Waals surface area contributed by atoms with Crippen molar-refractivity contribution in [2.24, 2.45) is 0 Å². The third-order valence-electron chi connectivity index (χ3n) is 4.49. The lowest BCUT2D eigenvalue weighted by atomic mass is 10.3.